The van der Waals surface area contributed by atoms with Crippen LogP contribution in [0, 0.1) is 6.92 Å². The van der Waals surface area contributed by atoms with Crippen LogP contribution < -0.4 is 16.8 Å². The van der Waals surface area contributed by atoms with E-state index in [2.05, 4.69) is 10.3 Å². The molecule has 1 aromatic heterocycles. The van der Waals surface area contributed by atoms with Crippen molar-refractivity contribution in [3.8, 4) is 0 Å². The molecule has 0 radical (unpaired) electrons. The van der Waals surface area contributed by atoms with Crippen molar-refractivity contribution in [1.29, 1.82) is 0 Å². The second kappa shape index (κ2) is 11.2. The van der Waals surface area contributed by atoms with Crippen LogP contribution in [0.3, 0.4) is 0 Å². The number of hydrogen-bond acceptors (Lipinski definition) is 9. The lowest BCUT2D eigenvalue weighted by molar-refractivity contribution is -0.138. The number of nitrogens with zero attached hydrogens (tertiary/aromatic N) is 2. The summed E-state index contributed by atoms with van der Waals surface area (Å²) in [6.45, 7) is 2.43. The van der Waals surface area contributed by atoms with Crippen LogP contribution in [0.4, 0.5) is 5.13 Å². The van der Waals surface area contributed by atoms with E-state index < -0.39 is 27.9 Å². The lowest BCUT2D eigenvalue weighted by Crippen LogP contribution is -2.37. The van der Waals surface area contributed by atoms with Gasteiger partial charge in [0.1, 0.15) is 6.04 Å². The van der Waals surface area contributed by atoms with Gasteiger partial charge in [0.05, 0.1) is 4.90 Å². The molecule has 13 heteroatoms. The van der Waals surface area contributed by atoms with E-state index in [1.54, 1.807) is 18.3 Å². The van der Waals surface area contributed by atoms with E-state index in [0.29, 0.717) is 18.1 Å². The van der Waals surface area contributed by atoms with Crippen LogP contribution in [0.15, 0.2) is 41.1 Å². The number of aliphatic hydroxyl groups excluding tert-OH is 1. The maximum Gasteiger partial charge on any atom is 0.320 e. The number of thiazole rings is 1. The molecule has 0 saturated heterocycles. The molecule has 180 valence electrons. The molecule has 11 nitrogen and oxygen atoms in total. The second-order valence-corrected chi connectivity index (χ2v) is 10.3. The standard InChI is InChI=1S/C14H13N3O4S2.C6H14N2O2/c1-8-7-15-14(22-8)16-13(19)11-12(18)9-5-3-4-6-10(9)23(20,21)17(11)2;7-4-2-1-3-5(8)6(9)10/h3-7,18H,1-2H3,(H,15,16,19);5H,1-4,7-8H2,(H,9,10)/t;5-/m.0/s1. The van der Waals surface area contributed by atoms with Crippen molar-refractivity contribution in [3.05, 3.63) is 46.6 Å². The number of carboxylic acid groups (broad SMARTS) is 1. The third-order valence-electron chi connectivity index (χ3n) is 4.66. The van der Waals surface area contributed by atoms with Crippen molar-refractivity contribution in [1.82, 2.24) is 9.29 Å². The fourth-order valence-electron chi connectivity index (χ4n) is 2.88. The molecule has 1 aliphatic heterocycles. The van der Waals surface area contributed by atoms with Gasteiger partial charge in [0, 0.05) is 23.7 Å². The minimum Gasteiger partial charge on any atom is -0.505 e. The molecule has 1 aromatic carbocycles. The van der Waals surface area contributed by atoms with Crippen LogP contribution in [0.1, 0.15) is 29.7 Å². The molecule has 3 rings (SSSR count). The van der Waals surface area contributed by atoms with Gasteiger partial charge in [0.15, 0.2) is 16.6 Å². The highest BCUT2D eigenvalue weighted by Crippen LogP contribution is 2.34. The van der Waals surface area contributed by atoms with Crippen molar-refractivity contribution in [2.75, 3.05) is 18.9 Å². The monoisotopic (exact) mass is 497 g/mol. The minimum absolute atomic E-state index is 0.0401. The average Bonchev–Trinajstić information content (AvgIpc) is 3.17. The Morgan fingerprint density at radius 3 is 2.52 bits per heavy atom. The van der Waals surface area contributed by atoms with Crippen molar-refractivity contribution < 1.29 is 28.2 Å². The van der Waals surface area contributed by atoms with Crippen molar-refractivity contribution >= 4 is 44.1 Å². The zero-order chi connectivity index (χ0) is 24.8. The normalized spacial score (nSPS) is 15.2. The number of fused-ring (bicyclic) bond motifs is 1. The number of hydrogen-bond donors (Lipinski definition) is 5. The number of unbranched alkanes of at least 4 members (excludes halogenated alkanes) is 1. The third kappa shape index (κ3) is 6.28. The van der Waals surface area contributed by atoms with E-state index in [1.165, 1.54) is 30.5 Å². The summed E-state index contributed by atoms with van der Waals surface area (Å²) >= 11 is 1.25. The number of carboxylic acids is 1. The molecule has 0 fully saturated rings. The van der Waals surface area contributed by atoms with Crippen LogP contribution in [0.25, 0.3) is 5.76 Å². The summed E-state index contributed by atoms with van der Waals surface area (Å²) in [5.74, 6) is -2.06. The van der Waals surface area contributed by atoms with Gasteiger partial charge in [0.2, 0.25) is 0 Å². The number of aryl methyl sites for hydroxylation is 1. The Morgan fingerprint density at radius 1 is 1.27 bits per heavy atom. The molecule has 33 heavy (non-hydrogen) atoms. The van der Waals surface area contributed by atoms with E-state index >= 15 is 0 Å². The summed E-state index contributed by atoms with van der Waals surface area (Å²) in [4.78, 5) is 27.4. The van der Waals surface area contributed by atoms with Crippen LogP contribution in [0.5, 0.6) is 0 Å². The molecule has 1 atom stereocenters. The van der Waals surface area contributed by atoms with Crippen LogP contribution in [0.2, 0.25) is 0 Å². The zero-order valence-electron chi connectivity index (χ0n) is 18.2. The third-order valence-corrected chi connectivity index (χ3v) is 7.31. The van der Waals surface area contributed by atoms with Gasteiger partial charge < -0.3 is 21.7 Å². The van der Waals surface area contributed by atoms with Crippen LogP contribution >= 0.6 is 11.3 Å². The van der Waals surface area contributed by atoms with Crippen molar-refractivity contribution in [2.45, 2.75) is 37.1 Å². The number of nitrogens with one attached hydrogen (secondary N) is 1. The van der Waals surface area contributed by atoms with Crippen LogP contribution in [-0.4, -0.2) is 59.4 Å². The summed E-state index contributed by atoms with van der Waals surface area (Å²) < 4.78 is 25.8. The second-order valence-electron chi connectivity index (χ2n) is 7.13. The Bertz CT molecular complexity index is 1150. The molecule has 2 heterocycles. The number of aliphatic hydroxyl groups is 1. The molecule has 0 aliphatic carbocycles. The molecule has 1 aliphatic rings. The predicted molar refractivity (Wildman–Crippen MR) is 125 cm³/mol. The topological polar surface area (TPSA) is 189 Å². The fourth-order valence-corrected chi connectivity index (χ4v) is 4.94. The van der Waals surface area contributed by atoms with Gasteiger partial charge in [-0.3, -0.25) is 19.2 Å². The number of carbonyl (C=O) groups is 2. The highest BCUT2D eigenvalue weighted by Gasteiger charge is 2.37. The molecule has 0 spiro atoms. The molecule has 2 aromatic rings. The van der Waals surface area contributed by atoms with Crippen molar-refractivity contribution in [3.63, 3.8) is 0 Å². The first-order valence-electron chi connectivity index (χ1n) is 9.94. The Kier molecular flexibility index (Phi) is 8.93. The average molecular weight is 498 g/mol. The number of nitrogens with two attached hydrogens (primary N) is 2. The smallest absolute Gasteiger partial charge is 0.320 e. The fraction of sp³-hybridized carbons (Fsp3) is 0.350. The van der Waals surface area contributed by atoms with E-state index in [0.717, 1.165) is 22.0 Å². The number of carbonyl (C=O) groups excluding carboxylic acids is 1. The first-order valence-corrected chi connectivity index (χ1v) is 12.2. The highest BCUT2D eigenvalue weighted by molar-refractivity contribution is 7.89. The number of rotatable bonds is 7. The van der Waals surface area contributed by atoms with Gasteiger partial charge >= 0.3 is 5.97 Å². The van der Waals surface area contributed by atoms with Gasteiger partial charge in [-0.15, -0.1) is 11.3 Å². The highest BCUT2D eigenvalue weighted by atomic mass is 32.2. The summed E-state index contributed by atoms with van der Waals surface area (Å²) in [5.41, 5.74) is 10.2. The maximum atomic E-state index is 12.5. The Hall–Kier alpha value is -3.00. The van der Waals surface area contributed by atoms with Gasteiger partial charge in [-0.1, -0.05) is 18.6 Å². The minimum atomic E-state index is -3.90. The van der Waals surface area contributed by atoms with Crippen molar-refractivity contribution in [2.24, 2.45) is 11.5 Å². The van der Waals surface area contributed by atoms with Crippen LogP contribution in [-0.2, 0) is 19.6 Å². The molecule has 7 N–H and O–H groups in total. The molecule has 0 saturated carbocycles. The van der Waals surface area contributed by atoms with E-state index in [9.17, 15) is 23.1 Å². The summed E-state index contributed by atoms with van der Waals surface area (Å²) in [5, 5.41) is 21.5. The number of aliphatic carboxylic acids is 1. The number of anilines is 1. The van der Waals surface area contributed by atoms with E-state index in [4.69, 9.17) is 16.6 Å². The van der Waals surface area contributed by atoms with Gasteiger partial charge in [-0.05, 0) is 38.4 Å². The molecule has 1 amide bonds. The van der Waals surface area contributed by atoms with Gasteiger partial charge in [-0.25, -0.2) is 13.4 Å². The Labute approximate surface area is 195 Å². The van der Waals surface area contributed by atoms with Gasteiger partial charge in [0.25, 0.3) is 15.9 Å². The maximum absolute atomic E-state index is 12.5. The summed E-state index contributed by atoms with van der Waals surface area (Å²) in [6.07, 6.45) is 3.75. The Morgan fingerprint density at radius 2 is 1.94 bits per heavy atom. The summed E-state index contributed by atoms with van der Waals surface area (Å²) in [7, 11) is -2.67. The molecule has 0 bridgehead atoms. The quantitative estimate of drug-likeness (QED) is 0.353. The molecule has 0 unspecified atom stereocenters. The first-order chi connectivity index (χ1) is 15.5. The lowest BCUT2D eigenvalue weighted by Gasteiger charge is -2.28. The lowest BCUT2D eigenvalue weighted by atomic mass is 10.1. The SMILES string of the molecule is Cc1cnc(NC(=O)C2=C(O)c3ccccc3S(=O)(=O)N2C)s1.NCCCC[C@H](N)C(=O)O. The number of amides is 1. The Balaban J connectivity index is 0.000000328. The van der Waals surface area contributed by atoms with Gasteiger partial charge in [-0.2, -0.15) is 0 Å². The zero-order valence-corrected chi connectivity index (χ0v) is 19.8. The molecular weight excluding hydrogens is 470 g/mol. The number of likely N-dealkylation sites (N-methyl/N-ethyl adjacent to an activating group) is 1. The first kappa shape index (κ1) is 26.3. The predicted octanol–water partition coefficient (Wildman–Crippen LogP) is 1.48. The largest absolute Gasteiger partial charge is 0.505 e. The number of benzene rings is 1. The van der Waals surface area contributed by atoms with E-state index in [-0.39, 0.29) is 21.9 Å². The number of sulfonamides is 1. The van der Waals surface area contributed by atoms with E-state index in [1.807, 2.05) is 6.92 Å². The molecular formula is C20H27N5O6S2. The summed E-state index contributed by atoms with van der Waals surface area (Å²) in [6, 6.07) is 5.27. The number of aromatic nitrogens is 1.